The number of thiazole rings is 1. The Morgan fingerprint density at radius 2 is 1.94 bits per heavy atom. The van der Waals surface area contributed by atoms with Gasteiger partial charge in [0.1, 0.15) is 32.3 Å². The van der Waals surface area contributed by atoms with Crippen LogP contribution in [0.25, 0.3) is 20.8 Å². The van der Waals surface area contributed by atoms with E-state index in [4.69, 9.17) is 9.97 Å². The second kappa shape index (κ2) is 9.47. The molecule has 5 rings (SSSR count). The highest BCUT2D eigenvalue weighted by molar-refractivity contribution is 7.91. The van der Waals surface area contributed by atoms with Crippen LogP contribution in [0.3, 0.4) is 0 Å². The van der Waals surface area contributed by atoms with Gasteiger partial charge in [-0.05, 0) is 52.0 Å². The van der Waals surface area contributed by atoms with Crippen LogP contribution in [-0.4, -0.2) is 67.9 Å². The minimum Gasteiger partial charge on any atom is -0.388 e. The van der Waals surface area contributed by atoms with Gasteiger partial charge in [0.15, 0.2) is 5.72 Å². The van der Waals surface area contributed by atoms with Crippen LogP contribution in [0.4, 0.5) is 11.8 Å². The Labute approximate surface area is 214 Å². The zero-order valence-electron chi connectivity index (χ0n) is 20.7. The number of rotatable bonds is 8. The van der Waals surface area contributed by atoms with Gasteiger partial charge in [-0.1, -0.05) is 6.92 Å². The Hall–Kier alpha value is -2.41. The molecule has 3 atom stereocenters. The number of pyridine rings is 1. The van der Waals surface area contributed by atoms with Crippen LogP contribution in [0, 0.1) is 19.8 Å². The van der Waals surface area contributed by atoms with Crippen LogP contribution in [0.15, 0.2) is 12.3 Å². The van der Waals surface area contributed by atoms with Crippen LogP contribution in [0.5, 0.6) is 0 Å². The highest BCUT2D eigenvalue weighted by Crippen LogP contribution is 2.41. The van der Waals surface area contributed by atoms with Crippen LogP contribution in [-0.2, 0) is 9.84 Å². The molecule has 2 aliphatic rings. The van der Waals surface area contributed by atoms with E-state index in [-0.39, 0.29) is 17.9 Å². The third-order valence-electron chi connectivity index (χ3n) is 7.31. The summed E-state index contributed by atoms with van der Waals surface area (Å²) in [7, 11) is -3.30. The van der Waals surface area contributed by atoms with Crippen LogP contribution < -0.4 is 10.6 Å². The maximum absolute atomic E-state index is 12.2. The molecule has 0 radical (unpaired) electrons. The Balaban J connectivity index is 1.53. The summed E-state index contributed by atoms with van der Waals surface area (Å²) in [6, 6.07) is 2.22. The van der Waals surface area contributed by atoms with E-state index in [1.54, 1.807) is 13.1 Å². The number of hydrogen-bond donors (Lipinski definition) is 4. The molecule has 0 saturated heterocycles. The molecule has 3 heterocycles. The summed E-state index contributed by atoms with van der Waals surface area (Å²) in [5, 5.41) is 29.6. The summed E-state index contributed by atoms with van der Waals surface area (Å²) in [6.07, 6.45) is 4.30. The van der Waals surface area contributed by atoms with Crippen molar-refractivity contribution in [2.45, 2.75) is 70.7 Å². The number of nitrogens with one attached hydrogen (secondary N) is 2. The van der Waals surface area contributed by atoms with E-state index < -0.39 is 27.6 Å². The Morgan fingerprint density at radius 3 is 2.61 bits per heavy atom. The Morgan fingerprint density at radius 1 is 1.17 bits per heavy atom. The molecule has 3 aromatic heterocycles. The minimum absolute atomic E-state index is 0.000588. The quantitative estimate of drug-likeness (QED) is 0.319. The second-order valence-corrected chi connectivity index (χ2v) is 13.3. The molecule has 12 heteroatoms. The molecular weight excluding hydrogens is 500 g/mol. The highest BCUT2D eigenvalue weighted by Gasteiger charge is 2.48. The summed E-state index contributed by atoms with van der Waals surface area (Å²) in [5.41, 5.74) is 1.20. The van der Waals surface area contributed by atoms with E-state index in [0.717, 1.165) is 35.2 Å². The summed E-state index contributed by atoms with van der Waals surface area (Å²) in [5.74, 6) is 0.0725. The van der Waals surface area contributed by atoms with E-state index in [9.17, 15) is 18.6 Å². The third kappa shape index (κ3) is 4.79. The van der Waals surface area contributed by atoms with Crippen molar-refractivity contribution in [3.63, 3.8) is 0 Å². The van der Waals surface area contributed by atoms with Crippen molar-refractivity contribution in [3.05, 3.63) is 23.7 Å². The lowest BCUT2D eigenvalue weighted by molar-refractivity contribution is -0.0442. The lowest BCUT2D eigenvalue weighted by Crippen LogP contribution is -2.48. The van der Waals surface area contributed by atoms with Gasteiger partial charge in [-0.3, -0.25) is 4.98 Å². The van der Waals surface area contributed by atoms with Crippen molar-refractivity contribution in [3.8, 4) is 10.6 Å². The van der Waals surface area contributed by atoms with Gasteiger partial charge in [-0.2, -0.15) is 4.98 Å². The number of aromatic nitrogens is 4. The van der Waals surface area contributed by atoms with Crippen molar-refractivity contribution < 1.29 is 18.6 Å². The normalized spacial score (nSPS) is 24.7. The fourth-order valence-corrected chi connectivity index (χ4v) is 7.22. The zero-order chi connectivity index (χ0) is 25.7. The fraction of sp³-hybridized carbons (Fsp3) is 0.583. The van der Waals surface area contributed by atoms with E-state index >= 15 is 0 Å². The second-order valence-electron chi connectivity index (χ2n) is 9.88. The predicted octanol–water partition coefficient (Wildman–Crippen LogP) is 3.04. The molecule has 2 saturated carbocycles. The van der Waals surface area contributed by atoms with Crippen LogP contribution in [0.2, 0.25) is 0 Å². The lowest BCUT2D eigenvalue weighted by atomic mass is 9.93. The number of fused-ring (bicyclic) bond motifs is 1. The summed E-state index contributed by atoms with van der Waals surface area (Å²) in [4.78, 5) is 18.5. The molecule has 0 aromatic carbocycles. The first kappa shape index (κ1) is 25.2. The van der Waals surface area contributed by atoms with Crippen molar-refractivity contribution in [1.82, 2.24) is 19.9 Å². The van der Waals surface area contributed by atoms with Gasteiger partial charge >= 0.3 is 0 Å². The summed E-state index contributed by atoms with van der Waals surface area (Å²) >= 11 is 1.48. The van der Waals surface area contributed by atoms with Crippen LogP contribution >= 0.6 is 11.3 Å². The SMILES string of the molecule is CCS(=O)(=O)CC1CCC(O)(Nc2nc(NC3CCC3)nc(C)c2-c2nc3c(C)nccc3s2)C1O. The standard InChI is InChI=1S/C24H32N6O4S2/c1-4-36(33,34)12-15-8-10-24(32,20(15)31)30-21-18(13(2)26-23(29-21)27-16-6-5-7-16)22-28-19-14(3)25-11-9-17(19)35-22/h9,11,15-16,20,31-32H,4-8,10,12H2,1-3H3,(H2,26,27,29,30). The van der Waals surface area contributed by atoms with Gasteiger partial charge in [-0.25, -0.2) is 18.4 Å². The summed E-state index contributed by atoms with van der Waals surface area (Å²) < 4.78 is 25.4. The maximum Gasteiger partial charge on any atom is 0.225 e. The number of aliphatic hydroxyl groups is 2. The number of sulfone groups is 1. The molecule has 0 aliphatic heterocycles. The van der Waals surface area contributed by atoms with E-state index in [1.807, 2.05) is 19.9 Å². The van der Waals surface area contributed by atoms with Gasteiger partial charge in [0.05, 0.1) is 27.4 Å². The first-order valence-electron chi connectivity index (χ1n) is 12.4. The van der Waals surface area contributed by atoms with Gasteiger partial charge in [0.2, 0.25) is 5.95 Å². The predicted molar refractivity (Wildman–Crippen MR) is 141 cm³/mol. The van der Waals surface area contributed by atoms with Crippen molar-refractivity contribution in [1.29, 1.82) is 0 Å². The van der Waals surface area contributed by atoms with Gasteiger partial charge in [0, 0.05) is 23.9 Å². The van der Waals surface area contributed by atoms with Gasteiger partial charge < -0.3 is 20.8 Å². The molecule has 194 valence electrons. The fourth-order valence-electron chi connectivity index (χ4n) is 4.87. The molecule has 0 spiro atoms. The molecule has 0 amide bonds. The maximum atomic E-state index is 12.2. The van der Waals surface area contributed by atoms with E-state index in [2.05, 4.69) is 20.6 Å². The molecule has 3 unspecified atom stereocenters. The highest BCUT2D eigenvalue weighted by atomic mass is 32.2. The molecule has 3 aromatic rings. The van der Waals surface area contributed by atoms with Crippen molar-refractivity contribution in [2.75, 3.05) is 22.1 Å². The third-order valence-corrected chi connectivity index (χ3v) is 10.2. The molecule has 2 fully saturated rings. The molecule has 36 heavy (non-hydrogen) atoms. The zero-order valence-corrected chi connectivity index (χ0v) is 22.3. The van der Waals surface area contributed by atoms with E-state index in [0.29, 0.717) is 40.5 Å². The number of hydrogen-bond acceptors (Lipinski definition) is 11. The number of nitrogens with zero attached hydrogens (tertiary/aromatic N) is 4. The topological polar surface area (TPSA) is 150 Å². The van der Waals surface area contributed by atoms with Gasteiger partial charge in [-0.15, -0.1) is 11.3 Å². The van der Waals surface area contributed by atoms with Crippen molar-refractivity contribution in [2.24, 2.45) is 5.92 Å². The first-order valence-corrected chi connectivity index (χ1v) is 15.0. The molecule has 4 N–H and O–H groups in total. The Kier molecular flexibility index (Phi) is 6.64. The molecule has 10 nitrogen and oxygen atoms in total. The number of aliphatic hydroxyl groups excluding tert-OH is 1. The van der Waals surface area contributed by atoms with E-state index in [1.165, 1.54) is 11.3 Å². The summed E-state index contributed by atoms with van der Waals surface area (Å²) in [6.45, 7) is 5.36. The number of anilines is 2. The largest absolute Gasteiger partial charge is 0.388 e. The minimum atomic E-state index is -3.30. The Bertz CT molecular complexity index is 1390. The molecular formula is C24H32N6O4S2. The molecule has 0 bridgehead atoms. The number of aryl methyl sites for hydroxylation is 2. The van der Waals surface area contributed by atoms with Gasteiger partial charge in [0.25, 0.3) is 0 Å². The van der Waals surface area contributed by atoms with Crippen LogP contribution in [0.1, 0.15) is 50.4 Å². The first-order chi connectivity index (χ1) is 17.1. The smallest absolute Gasteiger partial charge is 0.225 e. The average Bonchev–Trinajstić information content (AvgIpc) is 3.34. The average molecular weight is 533 g/mol. The lowest BCUT2D eigenvalue weighted by Gasteiger charge is -2.32. The molecule has 2 aliphatic carbocycles. The monoisotopic (exact) mass is 532 g/mol. The van der Waals surface area contributed by atoms with Crippen molar-refractivity contribution >= 4 is 43.2 Å².